The first kappa shape index (κ1) is 18.9. The van der Waals surface area contributed by atoms with Gasteiger partial charge < -0.3 is 10.2 Å². The summed E-state index contributed by atoms with van der Waals surface area (Å²) in [4.78, 5) is 40.0. The van der Waals surface area contributed by atoms with Crippen LogP contribution in [0.1, 0.15) is 39.2 Å². The Labute approximate surface area is 147 Å². The number of halogens is 1. The Morgan fingerprint density at radius 1 is 1.24 bits per heavy atom. The van der Waals surface area contributed by atoms with E-state index in [0.717, 1.165) is 17.7 Å². The third-order valence-electron chi connectivity index (χ3n) is 4.51. The number of hydrogen-bond donors (Lipinski definition) is 1. The van der Waals surface area contributed by atoms with Crippen LogP contribution >= 0.6 is 0 Å². The van der Waals surface area contributed by atoms with Gasteiger partial charge in [0.25, 0.3) is 5.91 Å². The van der Waals surface area contributed by atoms with Gasteiger partial charge in [-0.15, -0.1) is 0 Å². The van der Waals surface area contributed by atoms with Crippen molar-refractivity contribution < 1.29 is 18.8 Å². The number of rotatable bonds is 7. The number of nitrogens with zero attached hydrogens (tertiary/aromatic N) is 2. The highest BCUT2D eigenvalue weighted by Crippen LogP contribution is 2.28. The van der Waals surface area contributed by atoms with Crippen molar-refractivity contribution in [2.75, 3.05) is 19.6 Å². The minimum atomic E-state index is -1.30. The van der Waals surface area contributed by atoms with Gasteiger partial charge in [0.2, 0.25) is 5.91 Å². The number of carbonyl (C=O) groups is 3. The number of unbranched alkanes of at least 4 members (excludes halogenated alkanes) is 1. The van der Waals surface area contributed by atoms with E-state index in [1.54, 1.807) is 11.8 Å². The summed E-state index contributed by atoms with van der Waals surface area (Å²) in [5.41, 5.74) is -0.827. The van der Waals surface area contributed by atoms with E-state index in [-0.39, 0.29) is 12.5 Å². The molecule has 1 unspecified atom stereocenters. The fourth-order valence-corrected chi connectivity index (χ4v) is 2.86. The van der Waals surface area contributed by atoms with Gasteiger partial charge in [0.1, 0.15) is 17.9 Å². The Hall–Kier alpha value is -2.44. The maximum absolute atomic E-state index is 13.1. The van der Waals surface area contributed by atoms with Gasteiger partial charge in [0.15, 0.2) is 0 Å². The zero-order valence-corrected chi connectivity index (χ0v) is 14.8. The molecule has 1 aromatic rings. The quantitative estimate of drug-likeness (QED) is 0.768. The Kier molecular flexibility index (Phi) is 5.77. The Morgan fingerprint density at radius 2 is 1.88 bits per heavy atom. The molecule has 6 nitrogen and oxygen atoms in total. The SMILES string of the molecule is CCCCN(CC)C(=O)CN1C(=O)NC(C)(c2ccc(F)cc2)C1=O. The largest absolute Gasteiger partial charge is 0.341 e. The molecule has 0 aromatic heterocycles. The predicted octanol–water partition coefficient (Wildman–Crippen LogP) is 2.24. The highest BCUT2D eigenvalue weighted by molar-refractivity contribution is 6.09. The molecule has 4 amide bonds. The fraction of sp³-hybridized carbons (Fsp3) is 0.500. The fourth-order valence-electron chi connectivity index (χ4n) is 2.86. The van der Waals surface area contributed by atoms with Gasteiger partial charge in [-0.3, -0.25) is 14.5 Å². The van der Waals surface area contributed by atoms with E-state index < -0.39 is 23.3 Å². The second-order valence-electron chi connectivity index (χ2n) is 6.28. The number of amides is 4. The molecule has 1 aromatic carbocycles. The second kappa shape index (κ2) is 7.63. The van der Waals surface area contributed by atoms with Gasteiger partial charge in [-0.1, -0.05) is 25.5 Å². The molecule has 1 aliphatic rings. The van der Waals surface area contributed by atoms with Crippen LogP contribution in [-0.4, -0.2) is 47.3 Å². The summed E-state index contributed by atoms with van der Waals surface area (Å²) < 4.78 is 13.1. The number of likely N-dealkylation sites (N-methyl/N-ethyl adjacent to an activating group) is 1. The van der Waals surface area contributed by atoms with Gasteiger partial charge in [-0.2, -0.15) is 0 Å². The Bertz CT molecular complexity index is 662. The lowest BCUT2D eigenvalue weighted by atomic mass is 9.92. The molecule has 1 fully saturated rings. The summed E-state index contributed by atoms with van der Waals surface area (Å²) in [7, 11) is 0. The lowest BCUT2D eigenvalue weighted by Crippen LogP contribution is -2.44. The van der Waals surface area contributed by atoms with Crippen LogP contribution in [0.5, 0.6) is 0 Å². The number of urea groups is 1. The average molecular weight is 349 g/mol. The summed E-state index contributed by atoms with van der Waals surface area (Å²) in [6.45, 7) is 6.28. The third kappa shape index (κ3) is 3.81. The molecule has 1 atom stereocenters. The van der Waals surface area contributed by atoms with Crippen LogP contribution in [0, 0.1) is 5.82 Å². The molecule has 136 valence electrons. The lowest BCUT2D eigenvalue weighted by molar-refractivity contribution is -0.138. The summed E-state index contributed by atoms with van der Waals surface area (Å²) >= 11 is 0. The monoisotopic (exact) mass is 349 g/mol. The Balaban J connectivity index is 2.15. The number of hydrogen-bond acceptors (Lipinski definition) is 3. The van der Waals surface area contributed by atoms with Gasteiger partial charge in [0, 0.05) is 13.1 Å². The van der Waals surface area contributed by atoms with Crippen LogP contribution in [0.2, 0.25) is 0 Å². The molecule has 1 saturated heterocycles. The van der Waals surface area contributed by atoms with Gasteiger partial charge in [0.05, 0.1) is 0 Å². The van der Waals surface area contributed by atoms with Crippen LogP contribution in [0.3, 0.4) is 0 Å². The number of benzene rings is 1. The van der Waals surface area contributed by atoms with Crippen molar-refractivity contribution in [2.24, 2.45) is 0 Å². The van der Waals surface area contributed by atoms with E-state index in [9.17, 15) is 18.8 Å². The van der Waals surface area contributed by atoms with Crippen LogP contribution in [0.15, 0.2) is 24.3 Å². The molecule has 7 heteroatoms. The van der Waals surface area contributed by atoms with Gasteiger partial charge in [-0.05, 0) is 38.0 Å². The minimum Gasteiger partial charge on any atom is -0.341 e. The maximum atomic E-state index is 13.1. The molecule has 1 N–H and O–H groups in total. The highest BCUT2D eigenvalue weighted by atomic mass is 19.1. The van der Waals surface area contributed by atoms with Crippen LogP contribution in [0.25, 0.3) is 0 Å². The minimum absolute atomic E-state index is 0.261. The summed E-state index contributed by atoms with van der Waals surface area (Å²) in [5.74, 6) is -1.20. The first-order valence-corrected chi connectivity index (χ1v) is 8.51. The van der Waals surface area contributed by atoms with Crippen LogP contribution in [-0.2, 0) is 15.1 Å². The van der Waals surface area contributed by atoms with E-state index in [1.165, 1.54) is 24.3 Å². The topological polar surface area (TPSA) is 69.7 Å². The number of nitrogens with one attached hydrogen (secondary N) is 1. The first-order valence-electron chi connectivity index (χ1n) is 8.51. The van der Waals surface area contributed by atoms with E-state index in [1.807, 2.05) is 13.8 Å². The van der Waals surface area contributed by atoms with Crippen molar-refractivity contribution in [1.82, 2.24) is 15.1 Å². The molecule has 0 bridgehead atoms. The summed E-state index contributed by atoms with van der Waals surface area (Å²) in [6, 6.07) is 4.77. The maximum Gasteiger partial charge on any atom is 0.325 e. The van der Waals surface area contributed by atoms with Crippen molar-refractivity contribution in [3.8, 4) is 0 Å². The van der Waals surface area contributed by atoms with Gasteiger partial charge in [-0.25, -0.2) is 9.18 Å². The second-order valence-corrected chi connectivity index (χ2v) is 6.28. The normalized spacial score (nSPS) is 19.9. The molecular weight excluding hydrogens is 325 g/mol. The lowest BCUT2D eigenvalue weighted by Gasteiger charge is -2.24. The van der Waals surface area contributed by atoms with E-state index in [4.69, 9.17) is 0 Å². The zero-order chi connectivity index (χ0) is 18.6. The van der Waals surface area contributed by atoms with Crippen molar-refractivity contribution in [3.05, 3.63) is 35.6 Å². The summed E-state index contributed by atoms with van der Waals surface area (Å²) in [6.07, 6.45) is 1.82. The van der Waals surface area contributed by atoms with E-state index in [0.29, 0.717) is 18.7 Å². The molecule has 0 aliphatic carbocycles. The molecule has 0 spiro atoms. The molecule has 1 aliphatic heterocycles. The highest BCUT2D eigenvalue weighted by Gasteiger charge is 2.49. The molecule has 1 heterocycles. The average Bonchev–Trinajstić information content (AvgIpc) is 2.80. The van der Waals surface area contributed by atoms with Crippen LogP contribution in [0.4, 0.5) is 9.18 Å². The van der Waals surface area contributed by atoms with Crippen LogP contribution < -0.4 is 5.32 Å². The first-order chi connectivity index (χ1) is 11.8. The van der Waals surface area contributed by atoms with E-state index >= 15 is 0 Å². The van der Waals surface area contributed by atoms with Crippen molar-refractivity contribution in [2.45, 2.75) is 39.2 Å². The smallest absolute Gasteiger partial charge is 0.325 e. The molecule has 0 radical (unpaired) electrons. The van der Waals surface area contributed by atoms with Gasteiger partial charge >= 0.3 is 6.03 Å². The summed E-state index contributed by atoms with van der Waals surface area (Å²) in [5, 5.41) is 2.62. The van der Waals surface area contributed by atoms with Crippen molar-refractivity contribution in [3.63, 3.8) is 0 Å². The number of imide groups is 1. The van der Waals surface area contributed by atoms with E-state index in [2.05, 4.69) is 5.32 Å². The molecule has 2 rings (SSSR count). The Morgan fingerprint density at radius 3 is 2.44 bits per heavy atom. The molecular formula is C18H24FN3O3. The molecule has 0 saturated carbocycles. The standard InChI is InChI=1S/C18H24FN3O3/c1-4-6-11-21(5-2)15(23)12-22-16(24)18(3,20-17(22)25)13-7-9-14(19)10-8-13/h7-10H,4-6,11-12H2,1-3H3,(H,20,25). The molecule has 25 heavy (non-hydrogen) atoms. The third-order valence-corrected chi connectivity index (χ3v) is 4.51. The predicted molar refractivity (Wildman–Crippen MR) is 91.2 cm³/mol. The number of carbonyl (C=O) groups excluding carboxylic acids is 3. The van der Waals surface area contributed by atoms with Crippen molar-refractivity contribution >= 4 is 17.8 Å². The van der Waals surface area contributed by atoms with Crippen molar-refractivity contribution in [1.29, 1.82) is 0 Å². The zero-order valence-electron chi connectivity index (χ0n) is 14.8.